The van der Waals surface area contributed by atoms with Gasteiger partial charge in [-0.25, -0.2) is 4.98 Å². The van der Waals surface area contributed by atoms with E-state index in [9.17, 15) is 4.79 Å². The molecule has 0 radical (unpaired) electrons. The molecule has 0 aliphatic carbocycles. The van der Waals surface area contributed by atoms with Crippen LogP contribution in [-0.4, -0.2) is 45.5 Å². The number of carbonyl (C=O) groups excluding carboxylic acids is 1. The molecule has 0 bridgehead atoms. The van der Waals surface area contributed by atoms with Gasteiger partial charge in [-0.05, 0) is 18.2 Å². The fourth-order valence-corrected chi connectivity index (χ4v) is 2.95. The van der Waals surface area contributed by atoms with Gasteiger partial charge in [0.25, 0.3) is 5.91 Å². The van der Waals surface area contributed by atoms with Crippen molar-refractivity contribution in [2.24, 2.45) is 0 Å². The first-order valence-electron chi connectivity index (χ1n) is 7.79. The average molecular weight is 327 g/mol. The monoisotopic (exact) mass is 327 g/mol. The van der Waals surface area contributed by atoms with Gasteiger partial charge in [0.1, 0.15) is 11.4 Å². The van der Waals surface area contributed by atoms with Crippen LogP contribution < -0.4 is 10.2 Å². The van der Waals surface area contributed by atoms with E-state index in [1.165, 1.54) is 0 Å². The normalized spacial score (nSPS) is 14.0. The molecule has 0 spiro atoms. The van der Waals surface area contributed by atoms with Crippen molar-refractivity contribution in [3.8, 4) is 0 Å². The number of aromatic nitrogens is 3. The Labute approximate surface area is 137 Å². The Bertz CT molecular complexity index is 885. The van der Waals surface area contributed by atoms with Crippen LogP contribution >= 0.6 is 0 Å². The SMILES string of the molecule is O=C(NCCO)c1cc2n(n1)CCN(c1nccc3occc13)C2. The molecule has 0 saturated heterocycles. The zero-order valence-corrected chi connectivity index (χ0v) is 13.0. The standard InChI is InChI=1S/C16H17N5O3/c22-7-4-18-16(23)13-9-11-10-20(5-6-21(11)19-13)15-12-2-8-24-14(12)1-3-17-15/h1-3,8-9,22H,4-7,10H2,(H,18,23). The van der Waals surface area contributed by atoms with Crippen molar-refractivity contribution >= 4 is 22.7 Å². The molecule has 1 amide bonds. The summed E-state index contributed by atoms with van der Waals surface area (Å²) in [7, 11) is 0. The van der Waals surface area contributed by atoms with Gasteiger partial charge in [0.2, 0.25) is 0 Å². The van der Waals surface area contributed by atoms with Gasteiger partial charge in [-0.1, -0.05) is 0 Å². The first-order chi connectivity index (χ1) is 11.8. The molecule has 0 fully saturated rings. The minimum atomic E-state index is -0.271. The highest BCUT2D eigenvalue weighted by molar-refractivity contribution is 5.92. The number of anilines is 1. The molecule has 4 heterocycles. The van der Waals surface area contributed by atoms with Crippen molar-refractivity contribution < 1.29 is 14.3 Å². The number of aliphatic hydroxyl groups excluding tert-OH is 1. The Hall–Kier alpha value is -2.87. The Balaban J connectivity index is 1.59. The average Bonchev–Trinajstić information content (AvgIpc) is 3.24. The third-order valence-corrected chi connectivity index (χ3v) is 4.09. The number of aliphatic hydroxyl groups is 1. The van der Waals surface area contributed by atoms with Crippen molar-refractivity contribution in [1.29, 1.82) is 0 Å². The summed E-state index contributed by atoms with van der Waals surface area (Å²) in [4.78, 5) is 18.6. The molecule has 8 heteroatoms. The van der Waals surface area contributed by atoms with Crippen LogP contribution in [0.25, 0.3) is 11.0 Å². The molecular formula is C16H17N5O3. The second kappa shape index (κ2) is 5.97. The van der Waals surface area contributed by atoms with Gasteiger partial charge < -0.3 is 19.7 Å². The highest BCUT2D eigenvalue weighted by Gasteiger charge is 2.23. The molecule has 0 unspecified atom stereocenters. The lowest BCUT2D eigenvalue weighted by Gasteiger charge is -2.28. The van der Waals surface area contributed by atoms with E-state index in [-0.39, 0.29) is 19.1 Å². The summed E-state index contributed by atoms with van der Waals surface area (Å²) in [6, 6.07) is 5.54. The quantitative estimate of drug-likeness (QED) is 0.735. The summed E-state index contributed by atoms with van der Waals surface area (Å²) < 4.78 is 7.28. The second-order valence-electron chi connectivity index (χ2n) is 5.61. The molecule has 2 N–H and O–H groups in total. The summed E-state index contributed by atoms with van der Waals surface area (Å²) in [6.45, 7) is 2.19. The molecular weight excluding hydrogens is 310 g/mol. The largest absolute Gasteiger partial charge is 0.464 e. The molecule has 3 aromatic rings. The molecule has 8 nitrogen and oxygen atoms in total. The van der Waals surface area contributed by atoms with Crippen LogP contribution in [0.2, 0.25) is 0 Å². The molecule has 124 valence electrons. The summed E-state index contributed by atoms with van der Waals surface area (Å²) >= 11 is 0. The number of pyridine rings is 1. The van der Waals surface area contributed by atoms with Crippen LogP contribution in [0.15, 0.2) is 35.1 Å². The van der Waals surface area contributed by atoms with E-state index in [1.54, 1.807) is 18.5 Å². The Kier molecular flexibility index (Phi) is 3.66. The van der Waals surface area contributed by atoms with Crippen LogP contribution in [0.5, 0.6) is 0 Å². The first kappa shape index (κ1) is 14.7. The van der Waals surface area contributed by atoms with E-state index in [4.69, 9.17) is 9.52 Å². The molecule has 3 aromatic heterocycles. The van der Waals surface area contributed by atoms with Crippen LogP contribution in [0.3, 0.4) is 0 Å². The molecule has 1 aliphatic heterocycles. The van der Waals surface area contributed by atoms with E-state index in [2.05, 4.69) is 20.3 Å². The van der Waals surface area contributed by atoms with Crippen LogP contribution in [0, 0.1) is 0 Å². The number of fused-ring (bicyclic) bond motifs is 2. The summed E-state index contributed by atoms with van der Waals surface area (Å²) in [5.41, 5.74) is 2.13. The fourth-order valence-electron chi connectivity index (χ4n) is 2.95. The highest BCUT2D eigenvalue weighted by atomic mass is 16.3. The number of rotatable bonds is 4. The number of hydrogen-bond acceptors (Lipinski definition) is 6. The Morgan fingerprint density at radius 3 is 3.17 bits per heavy atom. The predicted octanol–water partition coefficient (Wildman–Crippen LogP) is 0.767. The topological polar surface area (TPSA) is 96.4 Å². The van der Waals surface area contributed by atoms with Crippen molar-refractivity contribution in [1.82, 2.24) is 20.1 Å². The first-order valence-corrected chi connectivity index (χ1v) is 7.79. The molecule has 0 saturated carbocycles. The van der Waals surface area contributed by atoms with Crippen molar-refractivity contribution in [3.63, 3.8) is 0 Å². The van der Waals surface area contributed by atoms with Gasteiger partial charge in [-0.2, -0.15) is 5.10 Å². The summed E-state index contributed by atoms with van der Waals surface area (Å²) in [5.74, 6) is 0.604. The van der Waals surface area contributed by atoms with E-state index >= 15 is 0 Å². The maximum Gasteiger partial charge on any atom is 0.271 e. The number of carbonyl (C=O) groups is 1. The van der Waals surface area contributed by atoms with Crippen LogP contribution in [-0.2, 0) is 13.1 Å². The maximum absolute atomic E-state index is 12.0. The van der Waals surface area contributed by atoms with Gasteiger partial charge in [0.15, 0.2) is 5.69 Å². The van der Waals surface area contributed by atoms with Crippen LogP contribution in [0.4, 0.5) is 5.82 Å². The zero-order chi connectivity index (χ0) is 16.5. The van der Waals surface area contributed by atoms with Gasteiger partial charge in [0.05, 0.1) is 37.0 Å². The van der Waals surface area contributed by atoms with Gasteiger partial charge in [-0.3, -0.25) is 9.48 Å². The smallest absolute Gasteiger partial charge is 0.271 e. The van der Waals surface area contributed by atoms with Crippen LogP contribution in [0.1, 0.15) is 16.2 Å². The number of nitrogens with zero attached hydrogens (tertiary/aromatic N) is 4. The Morgan fingerprint density at radius 1 is 1.38 bits per heavy atom. The van der Waals surface area contributed by atoms with Crippen molar-refractivity contribution in [2.75, 3.05) is 24.6 Å². The third-order valence-electron chi connectivity index (χ3n) is 4.09. The highest BCUT2D eigenvalue weighted by Crippen LogP contribution is 2.28. The predicted molar refractivity (Wildman–Crippen MR) is 86.7 cm³/mol. The second-order valence-corrected chi connectivity index (χ2v) is 5.61. The lowest BCUT2D eigenvalue weighted by Crippen LogP contribution is -2.34. The number of amides is 1. The third kappa shape index (κ3) is 2.50. The van der Waals surface area contributed by atoms with Gasteiger partial charge >= 0.3 is 0 Å². The fraction of sp³-hybridized carbons (Fsp3) is 0.312. The Morgan fingerprint density at radius 2 is 2.29 bits per heavy atom. The van der Waals surface area contributed by atoms with Crippen molar-refractivity contribution in [2.45, 2.75) is 13.1 Å². The molecule has 24 heavy (non-hydrogen) atoms. The molecule has 1 aliphatic rings. The number of furan rings is 1. The van der Waals surface area contributed by atoms with Gasteiger partial charge in [0, 0.05) is 19.3 Å². The van der Waals surface area contributed by atoms with E-state index in [0.717, 1.165) is 29.0 Å². The lowest BCUT2D eigenvalue weighted by atomic mass is 10.2. The van der Waals surface area contributed by atoms with E-state index in [0.29, 0.717) is 18.8 Å². The van der Waals surface area contributed by atoms with E-state index in [1.807, 2.05) is 16.8 Å². The summed E-state index contributed by atoms with van der Waals surface area (Å²) in [6.07, 6.45) is 3.40. The number of hydrogen-bond donors (Lipinski definition) is 2. The van der Waals surface area contributed by atoms with E-state index < -0.39 is 0 Å². The lowest BCUT2D eigenvalue weighted by molar-refractivity contribution is 0.0939. The molecule has 4 rings (SSSR count). The minimum Gasteiger partial charge on any atom is -0.464 e. The molecule has 0 atom stereocenters. The van der Waals surface area contributed by atoms with Crippen molar-refractivity contribution in [3.05, 3.63) is 42.0 Å². The summed E-state index contributed by atoms with van der Waals surface area (Å²) in [5, 5.41) is 16.7. The minimum absolute atomic E-state index is 0.0898. The zero-order valence-electron chi connectivity index (χ0n) is 13.0. The molecule has 0 aromatic carbocycles. The number of nitrogens with one attached hydrogen (secondary N) is 1. The maximum atomic E-state index is 12.0. The van der Waals surface area contributed by atoms with Gasteiger partial charge in [-0.15, -0.1) is 0 Å².